The van der Waals surface area contributed by atoms with Crippen LogP contribution in [0.5, 0.6) is 0 Å². The lowest BCUT2D eigenvalue weighted by molar-refractivity contribution is -0.384. The minimum absolute atomic E-state index is 0.167. The van der Waals surface area contributed by atoms with Crippen LogP contribution in [0.3, 0.4) is 0 Å². The summed E-state index contributed by atoms with van der Waals surface area (Å²) >= 11 is 1.15. The Morgan fingerprint density at radius 1 is 1.14 bits per heavy atom. The lowest BCUT2D eigenvalue weighted by Crippen LogP contribution is -2.14. The van der Waals surface area contributed by atoms with Crippen LogP contribution in [-0.4, -0.2) is 31.0 Å². The third-order valence-electron chi connectivity index (χ3n) is 4.24. The van der Waals surface area contributed by atoms with Crippen LogP contribution in [-0.2, 0) is 7.05 Å². The highest BCUT2D eigenvalue weighted by atomic mass is 32.2. The van der Waals surface area contributed by atoms with Crippen LogP contribution in [0.1, 0.15) is 10.4 Å². The highest BCUT2D eigenvalue weighted by Gasteiger charge is 2.20. The number of carbonyl (C=O) groups is 1. The third kappa shape index (κ3) is 3.78. The van der Waals surface area contributed by atoms with Gasteiger partial charge in [0.15, 0.2) is 0 Å². The van der Waals surface area contributed by atoms with Crippen LogP contribution in [0, 0.1) is 10.1 Å². The first-order valence-electron chi connectivity index (χ1n) is 8.50. The average Bonchev–Trinajstić information content (AvgIpc) is 3.13. The zero-order chi connectivity index (χ0) is 20.4. The fourth-order valence-electron chi connectivity index (χ4n) is 2.83. The van der Waals surface area contributed by atoms with Gasteiger partial charge in [0.2, 0.25) is 5.16 Å². The number of hydrogen-bond donors (Lipinski definition) is 1. The summed E-state index contributed by atoms with van der Waals surface area (Å²) in [5.74, 6) is -0.456. The number of carbonyl (C=O) groups excluding carboxylic acids is 1. The molecule has 9 nitrogen and oxygen atoms in total. The minimum atomic E-state index is -0.535. The molecule has 0 bridgehead atoms. The molecule has 0 unspecified atom stereocenters. The smallest absolute Gasteiger partial charge is 0.270 e. The number of benzene rings is 3. The van der Waals surface area contributed by atoms with E-state index in [4.69, 9.17) is 0 Å². The van der Waals surface area contributed by atoms with Crippen molar-refractivity contribution in [2.75, 3.05) is 5.32 Å². The molecule has 0 fully saturated rings. The Balaban J connectivity index is 1.73. The van der Waals surface area contributed by atoms with Gasteiger partial charge in [0.25, 0.3) is 11.6 Å². The van der Waals surface area contributed by atoms with Crippen molar-refractivity contribution in [1.82, 2.24) is 20.2 Å². The predicted octanol–water partition coefficient (Wildman–Crippen LogP) is 3.68. The van der Waals surface area contributed by atoms with Gasteiger partial charge < -0.3 is 5.32 Å². The van der Waals surface area contributed by atoms with Crippen LogP contribution < -0.4 is 5.32 Å². The van der Waals surface area contributed by atoms with Crippen molar-refractivity contribution in [2.45, 2.75) is 10.1 Å². The SMILES string of the molecule is Cn1nnnc1Sc1ccc([N+](=O)[O-])cc1C(=O)Nc1cccc2ccccc12. The van der Waals surface area contributed by atoms with Gasteiger partial charge in [0.05, 0.1) is 10.5 Å². The molecule has 0 aliphatic rings. The number of nitrogens with one attached hydrogen (secondary N) is 1. The highest BCUT2D eigenvalue weighted by molar-refractivity contribution is 7.99. The molecule has 0 spiro atoms. The molecule has 0 saturated heterocycles. The first-order valence-corrected chi connectivity index (χ1v) is 9.32. The lowest BCUT2D eigenvalue weighted by atomic mass is 10.1. The molecule has 0 aliphatic heterocycles. The van der Waals surface area contributed by atoms with E-state index in [1.807, 2.05) is 36.4 Å². The number of rotatable bonds is 5. The quantitative estimate of drug-likeness (QED) is 0.397. The molecule has 1 N–H and O–H groups in total. The summed E-state index contributed by atoms with van der Waals surface area (Å²) in [7, 11) is 1.67. The van der Waals surface area contributed by atoms with Gasteiger partial charge in [0.1, 0.15) is 0 Å². The van der Waals surface area contributed by atoms with Crippen LogP contribution in [0.15, 0.2) is 70.7 Å². The number of amides is 1. The molecule has 0 atom stereocenters. The van der Waals surface area contributed by atoms with E-state index < -0.39 is 10.8 Å². The second-order valence-electron chi connectivity index (χ2n) is 6.11. The molecule has 10 heteroatoms. The number of tetrazole rings is 1. The van der Waals surface area contributed by atoms with Crippen LogP contribution >= 0.6 is 11.8 Å². The van der Waals surface area contributed by atoms with E-state index in [2.05, 4.69) is 20.8 Å². The fourth-order valence-corrected chi connectivity index (χ4v) is 3.67. The summed E-state index contributed by atoms with van der Waals surface area (Å²) in [4.78, 5) is 24.3. The molecule has 0 aliphatic carbocycles. The summed E-state index contributed by atoms with van der Waals surface area (Å²) in [5, 5.41) is 27.6. The Hall–Kier alpha value is -3.79. The van der Waals surface area contributed by atoms with Crippen molar-refractivity contribution >= 4 is 39.8 Å². The van der Waals surface area contributed by atoms with E-state index in [9.17, 15) is 14.9 Å². The van der Waals surface area contributed by atoms with E-state index >= 15 is 0 Å². The van der Waals surface area contributed by atoms with Gasteiger partial charge in [-0.1, -0.05) is 36.4 Å². The zero-order valence-electron chi connectivity index (χ0n) is 15.1. The summed E-state index contributed by atoms with van der Waals surface area (Å²) in [5.41, 5.74) is 0.615. The van der Waals surface area contributed by atoms with Gasteiger partial charge in [0, 0.05) is 35.1 Å². The number of nitro benzene ring substituents is 1. The molecule has 1 heterocycles. The molecule has 4 aromatic rings. The van der Waals surface area contributed by atoms with Gasteiger partial charge >= 0.3 is 0 Å². The van der Waals surface area contributed by atoms with E-state index in [0.717, 1.165) is 22.5 Å². The van der Waals surface area contributed by atoms with Gasteiger partial charge in [-0.05, 0) is 39.7 Å². The van der Waals surface area contributed by atoms with Crippen molar-refractivity contribution < 1.29 is 9.72 Å². The molecule has 1 amide bonds. The lowest BCUT2D eigenvalue weighted by Gasteiger charge is -2.11. The number of aromatic nitrogens is 4. The number of nitro groups is 1. The maximum absolute atomic E-state index is 13.1. The molecular weight excluding hydrogens is 392 g/mol. The van der Waals surface area contributed by atoms with Crippen molar-refractivity contribution in [2.24, 2.45) is 7.05 Å². The standard InChI is InChI=1S/C19H14N6O3S/c1-24-19(21-22-23-24)29-17-10-9-13(25(27)28)11-15(17)18(26)20-16-8-4-6-12-5-2-3-7-14(12)16/h2-11H,1H3,(H,20,26). The monoisotopic (exact) mass is 406 g/mol. The summed E-state index contributed by atoms with van der Waals surface area (Å²) < 4.78 is 1.46. The average molecular weight is 406 g/mol. The summed E-state index contributed by atoms with van der Waals surface area (Å²) in [6.45, 7) is 0. The summed E-state index contributed by atoms with van der Waals surface area (Å²) in [6.07, 6.45) is 0. The Morgan fingerprint density at radius 2 is 1.93 bits per heavy atom. The first kappa shape index (κ1) is 18.6. The Bertz CT molecular complexity index is 1230. The van der Waals surface area contributed by atoms with Gasteiger partial charge in [-0.3, -0.25) is 14.9 Å². The van der Waals surface area contributed by atoms with Crippen molar-refractivity contribution in [3.63, 3.8) is 0 Å². The van der Waals surface area contributed by atoms with E-state index in [-0.39, 0.29) is 11.3 Å². The molecule has 0 saturated carbocycles. The molecule has 29 heavy (non-hydrogen) atoms. The van der Waals surface area contributed by atoms with E-state index in [0.29, 0.717) is 15.7 Å². The summed E-state index contributed by atoms with van der Waals surface area (Å²) in [6, 6.07) is 17.3. The van der Waals surface area contributed by atoms with Crippen molar-refractivity contribution in [1.29, 1.82) is 0 Å². The number of nitrogens with zero attached hydrogens (tertiary/aromatic N) is 5. The van der Waals surface area contributed by atoms with Crippen molar-refractivity contribution in [3.05, 3.63) is 76.3 Å². The number of anilines is 1. The topological polar surface area (TPSA) is 116 Å². The molecule has 144 valence electrons. The Kier molecular flexibility index (Phi) is 4.92. The number of aryl methyl sites for hydroxylation is 1. The number of non-ortho nitro benzene ring substituents is 1. The number of hydrogen-bond acceptors (Lipinski definition) is 7. The van der Waals surface area contributed by atoms with Crippen LogP contribution in [0.2, 0.25) is 0 Å². The fraction of sp³-hybridized carbons (Fsp3) is 0.0526. The molecule has 0 radical (unpaired) electrons. The normalized spacial score (nSPS) is 10.8. The maximum atomic E-state index is 13.1. The van der Waals surface area contributed by atoms with Gasteiger partial charge in [-0.25, -0.2) is 4.68 Å². The number of fused-ring (bicyclic) bond motifs is 1. The first-order chi connectivity index (χ1) is 14.0. The van der Waals surface area contributed by atoms with Crippen LogP contribution in [0.25, 0.3) is 10.8 Å². The molecule has 4 rings (SSSR count). The third-order valence-corrected chi connectivity index (χ3v) is 5.34. The highest BCUT2D eigenvalue weighted by Crippen LogP contribution is 2.32. The second kappa shape index (κ2) is 7.68. The van der Waals surface area contributed by atoms with E-state index in [1.165, 1.54) is 22.9 Å². The zero-order valence-corrected chi connectivity index (χ0v) is 16.0. The molecule has 1 aromatic heterocycles. The molecule has 3 aromatic carbocycles. The predicted molar refractivity (Wildman–Crippen MR) is 108 cm³/mol. The molecular formula is C19H14N6O3S. The van der Waals surface area contributed by atoms with Gasteiger partial charge in [-0.15, -0.1) is 5.10 Å². The van der Waals surface area contributed by atoms with Crippen molar-refractivity contribution in [3.8, 4) is 0 Å². The minimum Gasteiger partial charge on any atom is -0.321 e. The Morgan fingerprint density at radius 3 is 2.69 bits per heavy atom. The second-order valence-corrected chi connectivity index (χ2v) is 7.11. The van der Waals surface area contributed by atoms with Gasteiger partial charge in [-0.2, -0.15) is 0 Å². The van der Waals surface area contributed by atoms with E-state index in [1.54, 1.807) is 13.1 Å². The largest absolute Gasteiger partial charge is 0.321 e. The van der Waals surface area contributed by atoms with Crippen LogP contribution in [0.4, 0.5) is 11.4 Å². The Labute approximate surface area is 168 Å². The maximum Gasteiger partial charge on any atom is 0.270 e.